The average Bonchev–Trinajstić information content (AvgIpc) is 3.21. The second-order valence-electron chi connectivity index (χ2n) is 6.97. The third-order valence-corrected chi connectivity index (χ3v) is 4.62. The van der Waals surface area contributed by atoms with Crippen LogP contribution in [0.5, 0.6) is 0 Å². The van der Waals surface area contributed by atoms with Crippen molar-refractivity contribution in [1.29, 1.82) is 0 Å². The first-order valence-electron chi connectivity index (χ1n) is 8.93. The van der Waals surface area contributed by atoms with Gasteiger partial charge in [0.1, 0.15) is 6.04 Å². The maximum atomic E-state index is 12.5. The molecule has 2 aromatic rings. The van der Waals surface area contributed by atoms with E-state index in [9.17, 15) is 4.79 Å². The number of aromatic nitrogens is 4. The molecule has 0 saturated carbocycles. The number of carbonyl (C=O) groups excluding carboxylic acids is 1. The normalized spacial score (nSPS) is 16.7. The first-order valence-corrected chi connectivity index (χ1v) is 8.93. The van der Waals surface area contributed by atoms with Crippen molar-refractivity contribution in [3.05, 3.63) is 23.5 Å². The van der Waals surface area contributed by atoms with Crippen molar-refractivity contribution in [3.63, 3.8) is 0 Å². The first-order chi connectivity index (χ1) is 12.4. The number of amides is 2. The molecule has 3 rings (SSSR count). The van der Waals surface area contributed by atoms with Crippen LogP contribution in [0.15, 0.2) is 10.6 Å². The summed E-state index contributed by atoms with van der Waals surface area (Å²) in [5.41, 5.74) is 0.958. The monoisotopic (exact) mass is 362 g/mol. The molecule has 1 fully saturated rings. The van der Waals surface area contributed by atoms with Crippen molar-refractivity contribution in [2.24, 2.45) is 13.0 Å². The van der Waals surface area contributed by atoms with Gasteiger partial charge in [0, 0.05) is 37.9 Å². The predicted molar refractivity (Wildman–Crippen MR) is 94.8 cm³/mol. The third kappa shape index (κ3) is 4.21. The van der Waals surface area contributed by atoms with Gasteiger partial charge in [-0.05, 0) is 25.7 Å². The lowest BCUT2D eigenvalue weighted by Crippen LogP contribution is -2.38. The summed E-state index contributed by atoms with van der Waals surface area (Å²) in [5, 5.41) is 14.0. The van der Waals surface area contributed by atoms with Gasteiger partial charge in [0.05, 0.1) is 0 Å². The summed E-state index contributed by atoms with van der Waals surface area (Å²) in [6, 6.07) is 1.11. The van der Waals surface area contributed by atoms with Crippen LogP contribution in [0, 0.1) is 12.8 Å². The van der Waals surface area contributed by atoms with Gasteiger partial charge in [0.25, 0.3) is 0 Å². The fourth-order valence-electron chi connectivity index (χ4n) is 2.95. The highest BCUT2D eigenvalue weighted by Gasteiger charge is 2.31. The van der Waals surface area contributed by atoms with E-state index in [2.05, 4.69) is 25.9 Å². The number of nitrogens with one attached hydrogen (secondary N) is 2. The molecule has 9 nitrogen and oxygen atoms in total. The van der Waals surface area contributed by atoms with Crippen LogP contribution >= 0.6 is 0 Å². The van der Waals surface area contributed by atoms with E-state index in [1.54, 1.807) is 4.68 Å². The Bertz CT molecular complexity index is 728. The van der Waals surface area contributed by atoms with E-state index in [-0.39, 0.29) is 23.9 Å². The minimum absolute atomic E-state index is 0.160. The molecule has 2 amide bonds. The zero-order valence-corrected chi connectivity index (χ0v) is 15.7. The number of urea groups is 1. The van der Waals surface area contributed by atoms with Crippen molar-refractivity contribution in [2.75, 3.05) is 18.5 Å². The molecular weight excluding hydrogens is 336 g/mol. The number of aryl methyl sites for hydroxylation is 2. The van der Waals surface area contributed by atoms with E-state index in [0.717, 1.165) is 18.5 Å². The summed E-state index contributed by atoms with van der Waals surface area (Å²) in [7, 11) is 1.83. The molecular formula is C17H26N6O3. The number of hydrogen-bond donors (Lipinski definition) is 2. The average molecular weight is 362 g/mol. The molecule has 0 unspecified atom stereocenters. The van der Waals surface area contributed by atoms with Gasteiger partial charge in [0.2, 0.25) is 5.89 Å². The summed E-state index contributed by atoms with van der Waals surface area (Å²) in [6.45, 7) is 7.25. The number of anilines is 1. The minimum Gasteiger partial charge on any atom is -0.381 e. The number of rotatable bonds is 5. The Morgan fingerprint density at radius 2 is 2.08 bits per heavy atom. The Morgan fingerprint density at radius 3 is 2.65 bits per heavy atom. The van der Waals surface area contributed by atoms with Crippen LogP contribution in [0.3, 0.4) is 0 Å². The Kier molecular flexibility index (Phi) is 5.55. The van der Waals surface area contributed by atoms with Gasteiger partial charge >= 0.3 is 6.03 Å². The molecule has 2 N–H and O–H groups in total. The molecule has 1 aliphatic rings. The highest BCUT2D eigenvalue weighted by Crippen LogP contribution is 2.30. The van der Waals surface area contributed by atoms with Crippen LogP contribution in [0.25, 0.3) is 0 Å². The Hall–Kier alpha value is -2.42. The molecule has 0 bridgehead atoms. The van der Waals surface area contributed by atoms with Gasteiger partial charge in [-0.3, -0.25) is 10.00 Å². The van der Waals surface area contributed by atoms with Crippen molar-refractivity contribution >= 4 is 11.8 Å². The first kappa shape index (κ1) is 18.4. The molecule has 0 radical (unpaired) electrons. The highest BCUT2D eigenvalue weighted by molar-refractivity contribution is 5.88. The van der Waals surface area contributed by atoms with Crippen LogP contribution < -0.4 is 10.6 Å². The van der Waals surface area contributed by atoms with Crippen LogP contribution in [-0.4, -0.2) is 39.2 Å². The summed E-state index contributed by atoms with van der Waals surface area (Å²) in [6.07, 6.45) is 1.65. The summed E-state index contributed by atoms with van der Waals surface area (Å²) in [4.78, 5) is 17.0. The van der Waals surface area contributed by atoms with Crippen molar-refractivity contribution < 1.29 is 14.1 Å². The molecule has 0 aliphatic carbocycles. The third-order valence-electron chi connectivity index (χ3n) is 4.62. The number of nitrogens with zero attached hydrogens (tertiary/aromatic N) is 4. The molecule has 0 spiro atoms. The lowest BCUT2D eigenvalue weighted by molar-refractivity contribution is 0.0506. The summed E-state index contributed by atoms with van der Waals surface area (Å²) < 4.78 is 12.6. The maximum absolute atomic E-state index is 12.5. The molecule has 9 heteroatoms. The fraction of sp³-hybridized carbons (Fsp3) is 0.647. The number of hydrogen-bond acceptors (Lipinski definition) is 6. The smallest absolute Gasteiger partial charge is 0.321 e. The van der Waals surface area contributed by atoms with Gasteiger partial charge in [-0.1, -0.05) is 19.0 Å². The van der Waals surface area contributed by atoms with E-state index in [1.165, 1.54) is 0 Å². The van der Waals surface area contributed by atoms with Gasteiger partial charge in [-0.25, -0.2) is 4.79 Å². The van der Waals surface area contributed by atoms with E-state index in [4.69, 9.17) is 9.26 Å². The maximum Gasteiger partial charge on any atom is 0.321 e. The second-order valence-corrected chi connectivity index (χ2v) is 6.97. The van der Waals surface area contributed by atoms with Gasteiger partial charge < -0.3 is 14.6 Å². The Labute approximate surface area is 152 Å². The van der Waals surface area contributed by atoms with Gasteiger partial charge in [-0.15, -0.1) is 0 Å². The SMILES string of the molecule is Cc1cc(NC(=O)N[C@H](c2nc(C(C)C)no2)C2CCOCC2)nn1C. The second kappa shape index (κ2) is 7.86. The zero-order chi connectivity index (χ0) is 18.7. The lowest BCUT2D eigenvalue weighted by atomic mass is 9.91. The quantitative estimate of drug-likeness (QED) is 0.846. The molecule has 3 heterocycles. The number of carbonyl (C=O) groups is 1. The molecule has 1 aliphatic heterocycles. The van der Waals surface area contributed by atoms with Crippen molar-refractivity contribution in [3.8, 4) is 0 Å². The van der Waals surface area contributed by atoms with E-state index in [0.29, 0.717) is 30.7 Å². The van der Waals surface area contributed by atoms with E-state index >= 15 is 0 Å². The molecule has 142 valence electrons. The van der Waals surface area contributed by atoms with Crippen LogP contribution in [0.2, 0.25) is 0 Å². The van der Waals surface area contributed by atoms with E-state index in [1.807, 2.05) is 33.9 Å². The lowest BCUT2D eigenvalue weighted by Gasteiger charge is -2.28. The largest absolute Gasteiger partial charge is 0.381 e. The fourth-order valence-corrected chi connectivity index (χ4v) is 2.95. The topological polar surface area (TPSA) is 107 Å². The Morgan fingerprint density at radius 1 is 1.35 bits per heavy atom. The van der Waals surface area contributed by atoms with Gasteiger partial charge in [0.15, 0.2) is 11.6 Å². The van der Waals surface area contributed by atoms with Crippen LogP contribution in [0.1, 0.15) is 56.1 Å². The minimum atomic E-state index is -0.358. The van der Waals surface area contributed by atoms with Crippen molar-refractivity contribution in [2.45, 2.75) is 45.6 Å². The summed E-state index contributed by atoms with van der Waals surface area (Å²) >= 11 is 0. The molecule has 1 atom stereocenters. The highest BCUT2D eigenvalue weighted by atomic mass is 16.5. The molecule has 26 heavy (non-hydrogen) atoms. The zero-order valence-electron chi connectivity index (χ0n) is 15.7. The van der Waals surface area contributed by atoms with Crippen LogP contribution in [-0.2, 0) is 11.8 Å². The predicted octanol–water partition coefficient (Wildman–Crippen LogP) is 2.52. The van der Waals surface area contributed by atoms with Crippen molar-refractivity contribution in [1.82, 2.24) is 25.2 Å². The summed E-state index contributed by atoms with van der Waals surface area (Å²) in [5.74, 6) is 1.92. The Balaban J connectivity index is 1.74. The standard InChI is InChI=1S/C17H26N6O3/c1-10(2)15-20-16(26-22-15)14(12-5-7-25-8-6-12)19-17(24)18-13-9-11(3)23(4)21-13/h9-10,12,14H,5-8H2,1-4H3,(H2,18,19,21,24)/t14-/m0/s1. The van der Waals surface area contributed by atoms with Crippen LogP contribution in [0.4, 0.5) is 10.6 Å². The van der Waals surface area contributed by atoms with Gasteiger partial charge in [-0.2, -0.15) is 10.1 Å². The molecule has 2 aromatic heterocycles. The number of ether oxygens (including phenoxy) is 1. The molecule has 0 aromatic carbocycles. The molecule has 1 saturated heterocycles. The van der Waals surface area contributed by atoms with E-state index < -0.39 is 0 Å².